The van der Waals surface area contributed by atoms with Crippen LogP contribution in [0.4, 0.5) is 16.0 Å². The summed E-state index contributed by atoms with van der Waals surface area (Å²) in [6, 6.07) is 13.4. The SMILES string of the molecule is Cc1cccc(NC(=O)[C@@H]2CCC(F)CCN2C(=O)Cn2cc(C(N)=O)c3cc(-c4ccc(N)nc4)ccc32)n1. The van der Waals surface area contributed by atoms with Gasteiger partial charge in [-0.15, -0.1) is 0 Å². The van der Waals surface area contributed by atoms with Crippen LogP contribution in [0, 0.1) is 6.92 Å². The number of anilines is 2. The molecule has 0 spiro atoms. The summed E-state index contributed by atoms with van der Waals surface area (Å²) in [5.41, 5.74) is 14.6. The first kappa shape index (κ1) is 26.8. The Hall–Kier alpha value is -4.80. The summed E-state index contributed by atoms with van der Waals surface area (Å²) in [6.45, 7) is 1.74. The van der Waals surface area contributed by atoms with E-state index in [2.05, 4.69) is 15.3 Å². The van der Waals surface area contributed by atoms with Crippen LogP contribution in [0.1, 0.15) is 35.3 Å². The molecule has 0 aliphatic carbocycles. The third kappa shape index (κ3) is 5.63. The highest BCUT2D eigenvalue weighted by molar-refractivity contribution is 6.07. The van der Waals surface area contributed by atoms with E-state index in [0.29, 0.717) is 22.5 Å². The maximum atomic E-state index is 14.4. The number of hydrogen-bond donors (Lipinski definition) is 3. The van der Waals surface area contributed by atoms with E-state index < -0.39 is 24.0 Å². The second-order valence-electron chi connectivity index (χ2n) is 9.96. The van der Waals surface area contributed by atoms with Gasteiger partial charge >= 0.3 is 0 Å². The molecular weight excluding hydrogens is 513 g/mol. The Bertz CT molecular complexity index is 1580. The van der Waals surface area contributed by atoms with E-state index in [4.69, 9.17) is 11.5 Å². The van der Waals surface area contributed by atoms with Crippen molar-refractivity contribution >= 4 is 40.3 Å². The van der Waals surface area contributed by atoms with E-state index in [1.807, 2.05) is 31.2 Å². The molecule has 5 rings (SSSR count). The molecule has 0 radical (unpaired) electrons. The number of hydrogen-bond acceptors (Lipinski definition) is 6. The topological polar surface area (TPSA) is 149 Å². The van der Waals surface area contributed by atoms with Gasteiger partial charge in [-0.3, -0.25) is 14.4 Å². The number of carbonyl (C=O) groups excluding carboxylic acids is 3. The van der Waals surface area contributed by atoms with Crippen molar-refractivity contribution in [3.63, 3.8) is 0 Å². The van der Waals surface area contributed by atoms with Gasteiger partial charge in [0.05, 0.1) is 5.56 Å². The number of nitrogens with zero attached hydrogens (tertiary/aromatic N) is 4. The van der Waals surface area contributed by atoms with Crippen molar-refractivity contribution in [2.24, 2.45) is 5.73 Å². The normalized spacial score (nSPS) is 17.4. The van der Waals surface area contributed by atoms with Crippen molar-refractivity contribution in [2.45, 2.75) is 44.9 Å². The van der Waals surface area contributed by atoms with Gasteiger partial charge in [-0.1, -0.05) is 12.1 Å². The molecule has 3 aromatic heterocycles. The first-order chi connectivity index (χ1) is 19.2. The number of nitrogen functional groups attached to an aromatic ring is 1. The number of rotatable bonds is 6. The van der Waals surface area contributed by atoms with Gasteiger partial charge in [-0.25, -0.2) is 14.4 Å². The number of fused-ring (bicyclic) bond motifs is 1. The van der Waals surface area contributed by atoms with Crippen LogP contribution >= 0.6 is 0 Å². The van der Waals surface area contributed by atoms with Gasteiger partial charge in [0, 0.05) is 41.1 Å². The van der Waals surface area contributed by atoms with E-state index in [0.717, 1.165) is 16.8 Å². The molecule has 0 bridgehead atoms. The summed E-state index contributed by atoms with van der Waals surface area (Å²) in [5.74, 6) is -0.666. The van der Waals surface area contributed by atoms with E-state index in [1.165, 1.54) is 11.1 Å². The van der Waals surface area contributed by atoms with Gasteiger partial charge < -0.3 is 26.3 Å². The number of nitrogens with one attached hydrogen (secondary N) is 1. The van der Waals surface area contributed by atoms with Gasteiger partial charge in [-0.2, -0.15) is 0 Å². The number of halogens is 1. The molecule has 5 N–H and O–H groups in total. The Labute approximate surface area is 230 Å². The first-order valence-electron chi connectivity index (χ1n) is 13.0. The molecule has 4 heterocycles. The third-order valence-electron chi connectivity index (χ3n) is 7.15. The van der Waals surface area contributed by atoms with Gasteiger partial charge in [0.25, 0.3) is 5.91 Å². The van der Waals surface area contributed by atoms with E-state index in [-0.39, 0.29) is 43.8 Å². The molecule has 1 saturated heterocycles. The Morgan fingerprint density at radius 2 is 1.88 bits per heavy atom. The zero-order valence-electron chi connectivity index (χ0n) is 22.0. The smallest absolute Gasteiger partial charge is 0.250 e. The van der Waals surface area contributed by atoms with E-state index in [1.54, 1.807) is 35.0 Å². The van der Waals surface area contributed by atoms with E-state index >= 15 is 0 Å². The predicted octanol–water partition coefficient (Wildman–Crippen LogP) is 3.45. The van der Waals surface area contributed by atoms with Crippen molar-refractivity contribution in [3.8, 4) is 11.1 Å². The standard InChI is InChI=1S/C29H30FN7O3/c1-17-3-2-4-26(34-17)35-29(40)24-9-7-20(30)11-12-37(24)27(38)16-36-15-22(28(32)39)21-13-18(5-8-23(21)36)19-6-10-25(31)33-14-19/h2-6,8,10,13-15,20,24H,7,9,11-12,16H2,1H3,(H2,31,33)(H2,32,39)(H,34,35,40)/t20?,24-/m0/s1. The minimum atomic E-state index is -1.11. The first-order valence-corrected chi connectivity index (χ1v) is 13.0. The van der Waals surface area contributed by atoms with Crippen LogP contribution in [0.15, 0.2) is 60.9 Å². The maximum Gasteiger partial charge on any atom is 0.250 e. The molecule has 206 valence electrons. The highest BCUT2D eigenvalue weighted by Crippen LogP contribution is 2.29. The van der Waals surface area contributed by atoms with Gasteiger partial charge in [0.2, 0.25) is 11.8 Å². The summed E-state index contributed by atoms with van der Waals surface area (Å²) in [7, 11) is 0. The lowest BCUT2D eigenvalue weighted by Crippen LogP contribution is -2.48. The number of carbonyl (C=O) groups is 3. The largest absolute Gasteiger partial charge is 0.384 e. The quantitative estimate of drug-likeness (QED) is 0.339. The summed E-state index contributed by atoms with van der Waals surface area (Å²) in [5, 5.41) is 3.35. The monoisotopic (exact) mass is 543 g/mol. The Kier molecular flexibility index (Phi) is 7.45. The summed E-state index contributed by atoms with van der Waals surface area (Å²) < 4.78 is 16.0. The molecule has 3 amide bonds. The molecule has 0 saturated carbocycles. The molecule has 10 nitrogen and oxygen atoms in total. The molecule has 1 unspecified atom stereocenters. The average Bonchev–Trinajstić information content (AvgIpc) is 3.15. The van der Waals surface area contributed by atoms with Crippen LogP contribution in [0.5, 0.6) is 0 Å². The van der Waals surface area contributed by atoms with Crippen molar-refractivity contribution in [3.05, 3.63) is 72.2 Å². The van der Waals surface area contributed by atoms with Crippen molar-refractivity contribution in [1.29, 1.82) is 0 Å². The van der Waals surface area contributed by atoms with Gasteiger partial charge in [0.1, 0.15) is 30.4 Å². The number of pyridine rings is 2. The van der Waals surface area contributed by atoms with Gasteiger partial charge in [0.15, 0.2) is 0 Å². The lowest BCUT2D eigenvalue weighted by molar-refractivity contribution is -0.139. The number of aromatic nitrogens is 3. The molecule has 40 heavy (non-hydrogen) atoms. The highest BCUT2D eigenvalue weighted by atomic mass is 19.1. The number of alkyl halides is 1. The lowest BCUT2D eigenvalue weighted by Gasteiger charge is -2.29. The van der Waals surface area contributed by atoms with Crippen molar-refractivity contribution in [1.82, 2.24) is 19.4 Å². The zero-order chi connectivity index (χ0) is 28.4. The van der Waals surface area contributed by atoms with Gasteiger partial charge in [-0.05, 0) is 68.1 Å². The van der Waals surface area contributed by atoms with Crippen LogP contribution in [0.3, 0.4) is 0 Å². The van der Waals surface area contributed by atoms with Crippen LogP contribution in [0.2, 0.25) is 0 Å². The fraction of sp³-hybridized carbons (Fsp3) is 0.276. The minimum Gasteiger partial charge on any atom is -0.384 e. The fourth-order valence-electron chi connectivity index (χ4n) is 5.08. The lowest BCUT2D eigenvalue weighted by atomic mass is 10.0. The summed E-state index contributed by atoms with van der Waals surface area (Å²) in [4.78, 5) is 49.1. The number of amides is 3. The molecule has 4 aromatic rings. The molecule has 2 atom stereocenters. The number of primary amides is 1. The molecular formula is C29H30FN7O3. The number of likely N-dealkylation sites (tertiary alicyclic amines) is 1. The predicted molar refractivity (Wildman–Crippen MR) is 150 cm³/mol. The molecule has 1 aromatic carbocycles. The number of aryl methyl sites for hydroxylation is 1. The fourth-order valence-corrected chi connectivity index (χ4v) is 5.08. The molecule has 1 aliphatic heterocycles. The van der Waals surface area contributed by atoms with Crippen LogP contribution in [-0.2, 0) is 16.1 Å². The van der Waals surface area contributed by atoms with E-state index in [9.17, 15) is 18.8 Å². The molecule has 11 heteroatoms. The minimum absolute atomic E-state index is 0.0928. The van der Waals surface area contributed by atoms with Crippen LogP contribution in [-0.4, -0.2) is 55.9 Å². The Morgan fingerprint density at radius 3 is 2.60 bits per heavy atom. The third-order valence-corrected chi connectivity index (χ3v) is 7.15. The molecule has 1 aliphatic rings. The maximum absolute atomic E-state index is 14.4. The van der Waals surface area contributed by atoms with Crippen LogP contribution in [0.25, 0.3) is 22.0 Å². The zero-order valence-corrected chi connectivity index (χ0v) is 22.0. The van der Waals surface area contributed by atoms with Crippen molar-refractivity contribution < 1.29 is 18.8 Å². The second-order valence-corrected chi connectivity index (χ2v) is 9.96. The van der Waals surface area contributed by atoms with Crippen molar-refractivity contribution in [2.75, 3.05) is 17.6 Å². The number of nitrogens with two attached hydrogens (primary N) is 2. The molecule has 1 fully saturated rings. The second kappa shape index (κ2) is 11.1. The average molecular weight is 544 g/mol. The number of benzene rings is 1. The highest BCUT2D eigenvalue weighted by Gasteiger charge is 2.34. The Balaban J connectivity index is 1.43. The van der Waals surface area contributed by atoms with Crippen LogP contribution < -0.4 is 16.8 Å². The summed E-state index contributed by atoms with van der Waals surface area (Å²) in [6.07, 6.45) is 2.55. The Morgan fingerprint density at radius 1 is 1.07 bits per heavy atom. The summed E-state index contributed by atoms with van der Waals surface area (Å²) >= 11 is 0.